The van der Waals surface area contributed by atoms with Crippen LogP contribution in [0.2, 0.25) is 0 Å². The summed E-state index contributed by atoms with van der Waals surface area (Å²) in [5, 5.41) is 20.2. The van der Waals surface area contributed by atoms with Crippen molar-refractivity contribution in [2.45, 2.75) is 38.6 Å². The Labute approximate surface area is 187 Å². The van der Waals surface area contributed by atoms with Crippen molar-refractivity contribution < 1.29 is 15.0 Å². The number of fused-ring (bicyclic) bond motifs is 1. The van der Waals surface area contributed by atoms with Gasteiger partial charge in [0, 0.05) is 17.5 Å². The number of carbonyl (C=O) groups is 1. The molecule has 0 bridgehead atoms. The molecular formula is C26H27NO3S. The molecule has 0 aliphatic carbocycles. The highest BCUT2D eigenvalue weighted by atomic mass is 32.1. The van der Waals surface area contributed by atoms with E-state index in [4.69, 9.17) is 5.11 Å². The van der Waals surface area contributed by atoms with E-state index in [1.807, 2.05) is 35.6 Å². The number of phenols is 1. The summed E-state index contributed by atoms with van der Waals surface area (Å²) in [4.78, 5) is 14.7. The standard InChI is InChI=1S/C26H27NO3S/c1-17(2)23-11-12-24(31-23)27-15-14-19-16-21(28)9-10-22(19)26(27,3)20-7-4-18(5-8-20)6-13-25(29)30/h4-13,16-17,28H,14-15H2,1-3H3,(H,29,30)/t26-/m1/s1. The van der Waals surface area contributed by atoms with E-state index in [0.717, 1.165) is 35.7 Å². The summed E-state index contributed by atoms with van der Waals surface area (Å²) in [6, 6.07) is 18.2. The number of thiophene rings is 1. The van der Waals surface area contributed by atoms with Crippen molar-refractivity contribution in [3.63, 3.8) is 0 Å². The van der Waals surface area contributed by atoms with Gasteiger partial charge in [0.15, 0.2) is 0 Å². The lowest BCUT2D eigenvalue weighted by Gasteiger charge is -2.47. The number of aromatic hydroxyl groups is 1. The summed E-state index contributed by atoms with van der Waals surface area (Å²) in [7, 11) is 0. The minimum atomic E-state index is -0.957. The molecule has 1 aliphatic rings. The predicted molar refractivity (Wildman–Crippen MR) is 127 cm³/mol. The fourth-order valence-electron chi connectivity index (χ4n) is 4.39. The zero-order valence-electron chi connectivity index (χ0n) is 18.0. The summed E-state index contributed by atoms with van der Waals surface area (Å²) in [5.74, 6) is -0.178. The van der Waals surface area contributed by atoms with E-state index < -0.39 is 11.5 Å². The molecule has 0 unspecified atom stereocenters. The molecule has 0 saturated carbocycles. The van der Waals surface area contributed by atoms with Crippen LogP contribution in [0.4, 0.5) is 5.00 Å². The molecule has 0 saturated heterocycles. The smallest absolute Gasteiger partial charge is 0.328 e. The minimum absolute atomic E-state index is 0.293. The molecule has 1 aliphatic heterocycles. The molecule has 0 amide bonds. The number of nitrogens with zero attached hydrogens (tertiary/aromatic N) is 1. The lowest BCUT2D eigenvalue weighted by Crippen LogP contribution is -2.49. The minimum Gasteiger partial charge on any atom is -0.508 e. The highest BCUT2D eigenvalue weighted by Crippen LogP contribution is 2.46. The maximum atomic E-state index is 10.8. The number of hydrogen-bond donors (Lipinski definition) is 2. The van der Waals surface area contributed by atoms with Crippen LogP contribution in [-0.4, -0.2) is 22.7 Å². The molecule has 2 heterocycles. The van der Waals surface area contributed by atoms with Gasteiger partial charge in [-0.3, -0.25) is 0 Å². The van der Waals surface area contributed by atoms with Crippen molar-refractivity contribution in [2.24, 2.45) is 0 Å². The lowest BCUT2D eigenvalue weighted by atomic mass is 9.77. The van der Waals surface area contributed by atoms with E-state index in [9.17, 15) is 9.90 Å². The molecule has 4 nitrogen and oxygen atoms in total. The van der Waals surface area contributed by atoms with Gasteiger partial charge in [-0.05, 0) is 71.9 Å². The molecule has 0 spiro atoms. The van der Waals surface area contributed by atoms with E-state index in [1.54, 1.807) is 12.1 Å². The Kier molecular flexibility index (Phi) is 5.63. The van der Waals surface area contributed by atoms with Gasteiger partial charge in [-0.25, -0.2) is 4.79 Å². The number of carboxylic acids is 1. The van der Waals surface area contributed by atoms with Gasteiger partial charge in [-0.1, -0.05) is 44.2 Å². The van der Waals surface area contributed by atoms with Crippen molar-refractivity contribution in [3.05, 3.63) is 87.8 Å². The highest BCUT2D eigenvalue weighted by Gasteiger charge is 2.41. The van der Waals surface area contributed by atoms with Crippen LogP contribution in [0.3, 0.4) is 0 Å². The Morgan fingerprint density at radius 3 is 2.52 bits per heavy atom. The van der Waals surface area contributed by atoms with Crippen LogP contribution in [0.15, 0.2) is 60.7 Å². The second kappa shape index (κ2) is 8.23. The predicted octanol–water partition coefficient (Wildman–Crippen LogP) is 6.00. The molecule has 0 radical (unpaired) electrons. The van der Waals surface area contributed by atoms with Gasteiger partial charge in [0.2, 0.25) is 0 Å². The van der Waals surface area contributed by atoms with Crippen molar-refractivity contribution in [1.82, 2.24) is 0 Å². The maximum absolute atomic E-state index is 10.8. The van der Waals surface area contributed by atoms with Gasteiger partial charge in [0.05, 0.1) is 10.5 Å². The van der Waals surface area contributed by atoms with Gasteiger partial charge in [0.1, 0.15) is 5.75 Å². The topological polar surface area (TPSA) is 60.8 Å². The number of carboxylic acid groups (broad SMARTS) is 1. The molecule has 1 aromatic heterocycles. The number of rotatable bonds is 5. The molecule has 2 N–H and O–H groups in total. The molecule has 160 valence electrons. The fourth-order valence-corrected chi connectivity index (χ4v) is 5.52. The quantitative estimate of drug-likeness (QED) is 0.485. The van der Waals surface area contributed by atoms with E-state index in [-0.39, 0.29) is 0 Å². The van der Waals surface area contributed by atoms with Gasteiger partial charge < -0.3 is 15.1 Å². The average Bonchev–Trinajstić information content (AvgIpc) is 3.23. The first-order valence-corrected chi connectivity index (χ1v) is 11.3. The number of anilines is 1. The Morgan fingerprint density at radius 2 is 1.87 bits per heavy atom. The van der Waals surface area contributed by atoms with Crippen molar-refractivity contribution in [3.8, 4) is 5.75 Å². The first-order chi connectivity index (χ1) is 14.8. The summed E-state index contributed by atoms with van der Waals surface area (Å²) in [6.07, 6.45) is 3.63. The van der Waals surface area contributed by atoms with Crippen LogP contribution in [0.1, 0.15) is 53.8 Å². The van der Waals surface area contributed by atoms with Crippen LogP contribution in [0.25, 0.3) is 6.08 Å². The molecule has 5 heteroatoms. The molecule has 4 rings (SSSR count). The van der Waals surface area contributed by atoms with Gasteiger partial charge >= 0.3 is 5.97 Å². The molecule has 3 aromatic rings. The molecular weight excluding hydrogens is 406 g/mol. The zero-order valence-corrected chi connectivity index (χ0v) is 18.8. The number of hydrogen-bond acceptors (Lipinski definition) is 4. The Bertz CT molecular complexity index is 1130. The van der Waals surface area contributed by atoms with Gasteiger partial charge in [-0.15, -0.1) is 11.3 Å². The Balaban J connectivity index is 1.82. The third kappa shape index (κ3) is 3.98. The van der Waals surface area contributed by atoms with Crippen LogP contribution < -0.4 is 4.90 Å². The largest absolute Gasteiger partial charge is 0.508 e. The number of phenolic OH excluding ortho intramolecular Hbond substituents is 1. The second-order valence-corrected chi connectivity index (χ2v) is 9.53. The number of aliphatic carboxylic acids is 1. The highest BCUT2D eigenvalue weighted by molar-refractivity contribution is 7.16. The van der Waals surface area contributed by atoms with E-state index >= 15 is 0 Å². The fraction of sp³-hybridized carbons (Fsp3) is 0.269. The normalized spacial score (nSPS) is 18.5. The Hall–Kier alpha value is -3.05. The summed E-state index contributed by atoms with van der Waals surface area (Å²) in [6.45, 7) is 7.52. The maximum Gasteiger partial charge on any atom is 0.328 e. The van der Waals surface area contributed by atoms with Gasteiger partial charge in [0.25, 0.3) is 0 Å². The van der Waals surface area contributed by atoms with Crippen molar-refractivity contribution >= 4 is 28.4 Å². The summed E-state index contributed by atoms with van der Waals surface area (Å²) < 4.78 is 0. The molecule has 31 heavy (non-hydrogen) atoms. The first-order valence-electron chi connectivity index (χ1n) is 10.5. The number of benzene rings is 2. The van der Waals surface area contributed by atoms with Crippen molar-refractivity contribution in [2.75, 3.05) is 11.4 Å². The Morgan fingerprint density at radius 1 is 1.13 bits per heavy atom. The third-order valence-electron chi connectivity index (χ3n) is 6.10. The summed E-state index contributed by atoms with van der Waals surface area (Å²) in [5.41, 5.74) is 3.92. The molecule has 2 aromatic carbocycles. The third-order valence-corrected chi connectivity index (χ3v) is 7.51. The van der Waals surface area contributed by atoms with Crippen LogP contribution in [0.5, 0.6) is 5.75 Å². The SMILES string of the molecule is CC(C)c1ccc(N2CCc3cc(O)ccc3[C@@]2(C)c2ccc(C=CC(=O)O)cc2)s1. The van der Waals surface area contributed by atoms with Crippen LogP contribution >= 0.6 is 11.3 Å². The molecule has 0 fully saturated rings. The van der Waals surface area contributed by atoms with E-state index in [0.29, 0.717) is 11.7 Å². The zero-order chi connectivity index (χ0) is 22.2. The molecule has 1 atom stereocenters. The summed E-state index contributed by atoms with van der Waals surface area (Å²) >= 11 is 1.84. The second-order valence-electron chi connectivity index (χ2n) is 8.44. The van der Waals surface area contributed by atoms with Crippen LogP contribution in [0, 0.1) is 0 Å². The monoisotopic (exact) mass is 433 g/mol. The van der Waals surface area contributed by atoms with Gasteiger partial charge in [-0.2, -0.15) is 0 Å². The van der Waals surface area contributed by atoms with Crippen LogP contribution in [-0.2, 0) is 16.8 Å². The van der Waals surface area contributed by atoms with E-state index in [1.165, 1.54) is 15.4 Å². The van der Waals surface area contributed by atoms with Crippen molar-refractivity contribution in [1.29, 1.82) is 0 Å². The first kappa shape index (κ1) is 21.2. The lowest BCUT2D eigenvalue weighted by molar-refractivity contribution is -0.131. The van der Waals surface area contributed by atoms with E-state index in [2.05, 4.69) is 49.9 Å². The average molecular weight is 434 g/mol.